The molecule has 2 rings (SSSR count). The first-order valence-corrected chi connectivity index (χ1v) is 12.7. The third kappa shape index (κ3) is 11.3. The highest BCUT2D eigenvalue weighted by molar-refractivity contribution is 6.01. The number of hydrogen-bond acceptors (Lipinski definition) is 5. The standard InChI is InChI=1S/C28H39N5O6/c1-18-8-6-7-9-21(18)32-27(38)33-22-12-10-20(15-23(22)39-5)11-13-24(34)29-16-28(3,4)17-30-26(37)31-19(2)14-25(35)36/h6-10,12,15,19H,11,13-14,16-17H2,1-5H3,(H,29,34)(H,35,36)(H2,30,31,37)(H2,32,33,38). The second kappa shape index (κ2) is 14.6. The topological polar surface area (TPSA) is 158 Å². The highest BCUT2D eigenvalue weighted by atomic mass is 16.5. The smallest absolute Gasteiger partial charge is 0.323 e. The van der Waals surface area contributed by atoms with Crippen molar-refractivity contribution < 1.29 is 29.0 Å². The molecule has 11 nitrogen and oxygen atoms in total. The maximum absolute atomic E-state index is 12.5. The number of carboxylic acid groups (broad SMARTS) is 1. The van der Waals surface area contributed by atoms with Gasteiger partial charge >= 0.3 is 18.0 Å². The normalized spacial score (nSPS) is 11.6. The molecule has 0 saturated carbocycles. The summed E-state index contributed by atoms with van der Waals surface area (Å²) in [6, 6.07) is 11.5. The number of hydrogen-bond donors (Lipinski definition) is 6. The molecule has 1 atom stereocenters. The van der Waals surface area contributed by atoms with Gasteiger partial charge in [0.15, 0.2) is 0 Å². The van der Waals surface area contributed by atoms with Crippen LogP contribution in [0.2, 0.25) is 0 Å². The molecule has 2 aromatic rings. The van der Waals surface area contributed by atoms with Crippen molar-refractivity contribution in [1.82, 2.24) is 16.0 Å². The SMILES string of the molecule is COc1cc(CCC(=O)NCC(C)(C)CNC(=O)NC(C)CC(=O)O)ccc1NC(=O)Nc1ccccc1C. The molecule has 0 saturated heterocycles. The minimum atomic E-state index is -0.988. The van der Waals surface area contributed by atoms with Gasteiger partial charge in [-0.25, -0.2) is 9.59 Å². The molecule has 0 aliphatic carbocycles. The number of para-hydroxylation sites is 1. The molecular formula is C28H39N5O6. The van der Waals surface area contributed by atoms with Crippen LogP contribution in [0.25, 0.3) is 0 Å². The van der Waals surface area contributed by atoms with Gasteiger partial charge < -0.3 is 36.4 Å². The van der Waals surface area contributed by atoms with Crippen LogP contribution in [0.4, 0.5) is 21.0 Å². The highest BCUT2D eigenvalue weighted by Crippen LogP contribution is 2.26. The molecular weight excluding hydrogens is 502 g/mol. The van der Waals surface area contributed by atoms with Gasteiger partial charge in [-0.3, -0.25) is 9.59 Å². The Morgan fingerprint density at radius 3 is 2.28 bits per heavy atom. The Morgan fingerprint density at radius 2 is 1.62 bits per heavy atom. The van der Waals surface area contributed by atoms with E-state index in [0.29, 0.717) is 36.6 Å². The fourth-order valence-corrected chi connectivity index (χ4v) is 3.64. The summed E-state index contributed by atoms with van der Waals surface area (Å²) in [5.41, 5.74) is 2.62. The van der Waals surface area contributed by atoms with Gasteiger partial charge in [-0.15, -0.1) is 0 Å². The first kappa shape index (κ1) is 30.9. The van der Waals surface area contributed by atoms with E-state index in [9.17, 15) is 19.2 Å². The second-order valence-corrected chi connectivity index (χ2v) is 10.2. The fraction of sp³-hybridized carbons (Fsp3) is 0.429. The summed E-state index contributed by atoms with van der Waals surface area (Å²) in [7, 11) is 1.51. The summed E-state index contributed by atoms with van der Waals surface area (Å²) in [5, 5.41) is 22.6. The lowest BCUT2D eigenvalue weighted by molar-refractivity contribution is -0.137. The van der Waals surface area contributed by atoms with Crippen LogP contribution in [0, 0.1) is 12.3 Å². The zero-order valence-corrected chi connectivity index (χ0v) is 23.1. The number of rotatable bonds is 13. The number of ether oxygens (including phenoxy) is 1. The van der Waals surface area contributed by atoms with Crippen LogP contribution in [0.3, 0.4) is 0 Å². The molecule has 212 valence electrons. The molecule has 0 heterocycles. The van der Waals surface area contributed by atoms with E-state index in [4.69, 9.17) is 9.84 Å². The summed E-state index contributed by atoms with van der Waals surface area (Å²) in [5.74, 6) is -0.643. The molecule has 5 amide bonds. The summed E-state index contributed by atoms with van der Waals surface area (Å²) >= 11 is 0. The maximum Gasteiger partial charge on any atom is 0.323 e. The van der Waals surface area contributed by atoms with Crippen molar-refractivity contribution in [3.63, 3.8) is 0 Å². The number of carbonyl (C=O) groups is 4. The summed E-state index contributed by atoms with van der Waals surface area (Å²) < 4.78 is 5.44. The molecule has 6 N–H and O–H groups in total. The summed E-state index contributed by atoms with van der Waals surface area (Å²) in [6.07, 6.45) is 0.558. The molecule has 39 heavy (non-hydrogen) atoms. The van der Waals surface area contributed by atoms with E-state index in [0.717, 1.165) is 11.1 Å². The first-order valence-electron chi connectivity index (χ1n) is 12.7. The van der Waals surface area contributed by atoms with E-state index < -0.39 is 23.5 Å². The molecule has 0 fully saturated rings. The van der Waals surface area contributed by atoms with Gasteiger partial charge in [0, 0.05) is 31.2 Å². The minimum Gasteiger partial charge on any atom is -0.495 e. The van der Waals surface area contributed by atoms with Crippen LogP contribution in [0.5, 0.6) is 5.75 Å². The van der Waals surface area contributed by atoms with Crippen molar-refractivity contribution in [1.29, 1.82) is 0 Å². The number of nitrogens with one attached hydrogen (secondary N) is 5. The number of amides is 5. The lowest BCUT2D eigenvalue weighted by Gasteiger charge is -2.26. The van der Waals surface area contributed by atoms with Crippen LogP contribution in [-0.2, 0) is 16.0 Å². The van der Waals surface area contributed by atoms with Crippen LogP contribution in [0.1, 0.15) is 44.7 Å². The summed E-state index contributed by atoms with van der Waals surface area (Å²) in [4.78, 5) is 47.6. The van der Waals surface area contributed by atoms with Crippen molar-refractivity contribution in [3.8, 4) is 5.75 Å². The van der Waals surface area contributed by atoms with Crippen molar-refractivity contribution in [2.24, 2.45) is 5.41 Å². The minimum absolute atomic E-state index is 0.138. The fourth-order valence-electron chi connectivity index (χ4n) is 3.64. The third-order valence-electron chi connectivity index (χ3n) is 5.90. The largest absolute Gasteiger partial charge is 0.495 e. The Balaban J connectivity index is 1.80. The molecule has 2 aromatic carbocycles. The predicted octanol–water partition coefficient (Wildman–Crippen LogP) is 3.89. The average Bonchev–Trinajstić information content (AvgIpc) is 2.86. The maximum atomic E-state index is 12.5. The van der Waals surface area contributed by atoms with Gasteiger partial charge in [-0.1, -0.05) is 38.1 Å². The molecule has 11 heteroatoms. The van der Waals surface area contributed by atoms with E-state index in [-0.39, 0.29) is 24.8 Å². The number of methoxy groups -OCH3 is 1. The van der Waals surface area contributed by atoms with E-state index in [2.05, 4.69) is 26.6 Å². The molecule has 0 radical (unpaired) electrons. The number of aryl methyl sites for hydroxylation is 2. The van der Waals surface area contributed by atoms with E-state index in [1.54, 1.807) is 19.1 Å². The molecule has 0 aliphatic heterocycles. The second-order valence-electron chi connectivity index (χ2n) is 10.2. The number of aliphatic carboxylic acids is 1. The van der Waals surface area contributed by atoms with Crippen molar-refractivity contribution in [2.45, 2.75) is 53.0 Å². The molecule has 1 unspecified atom stereocenters. The van der Waals surface area contributed by atoms with Crippen LogP contribution < -0.4 is 31.3 Å². The van der Waals surface area contributed by atoms with Crippen LogP contribution >= 0.6 is 0 Å². The zero-order valence-electron chi connectivity index (χ0n) is 23.1. The van der Waals surface area contributed by atoms with Gasteiger partial charge in [0.1, 0.15) is 5.75 Å². The molecule has 0 bridgehead atoms. The quantitative estimate of drug-likeness (QED) is 0.226. The number of benzene rings is 2. The summed E-state index contributed by atoms with van der Waals surface area (Å²) in [6.45, 7) is 7.97. The van der Waals surface area contributed by atoms with E-state index in [1.807, 2.05) is 51.1 Å². The first-order chi connectivity index (χ1) is 18.4. The number of carboxylic acids is 1. The Morgan fingerprint density at radius 1 is 0.949 bits per heavy atom. The van der Waals surface area contributed by atoms with Gasteiger partial charge in [0.05, 0.1) is 19.2 Å². The Hall–Kier alpha value is -4.28. The lowest BCUT2D eigenvalue weighted by atomic mass is 9.93. The third-order valence-corrected chi connectivity index (χ3v) is 5.90. The van der Waals surface area contributed by atoms with Crippen LogP contribution in [0.15, 0.2) is 42.5 Å². The molecule has 0 spiro atoms. The molecule has 0 aliphatic rings. The number of anilines is 2. The van der Waals surface area contributed by atoms with Crippen molar-refractivity contribution >= 4 is 35.3 Å². The van der Waals surface area contributed by atoms with Gasteiger partial charge in [-0.2, -0.15) is 0 Å². The Labute approximate surface area is 229 Å². The molecule has 0 aromatic heterocycles. The number of carbonyl (C=O) groups excluding carboxylic acids is 3. The number of urea groups is 2. The van der Waals surface area contributed by atoms with Crippen molar-refractivity contribution in [2.75, 3.05) is 30.8 Å². The zero-order chi connectivity index (χ0) is 29.0. The Bertz CT molecular complexity index is 1170. The average molecular weight is 542 g/mol. The van der Waals surface area contributed by atoms with Crippen LogP contribution in [-0.4, -0.2) is 55.3 Å². The van der Waals surface area contributed by atoms with E-state index >= 15 is 0 Å². The Kier molecular flexibility index (Phi) is 11.6. The van der Waals surface area contributed by atoms with E-state index in [1.165, 1.54) is 7.11 Å². The monoisotopic (exact) mass is 541 g/mol. The highest BCUT2D eigenvalue weighted by Gasteiger charge is 2.21. The lowest BCUT2D eigenvalue weighted by Crippen LogP contribution is -2.47. The van der Waals surface area contributed by atoms with Gasteiger partial charge in [-0.05, 0) is 55.0 Å². The van der Waals surface area contributed by atoms with Crippen molar-refractivity contribution in [3.05, 3.63) is 53.6 Å². The van der Waals surface area contributed by atoms with Gasteiger partial charge in [0.2, 0.25) is 5.91 Å². The predicted molar refractivity (Wildman–Crippen MR) is 150 cm³/mol. The van der Waals surface area contributed by atoms with Gasteiger partial charge in [0.25, 0.3) is 0 Å².